The summed E-state index contributed by atoms with van der Waals surface area (Å²) in [6.45, 7) is 7.52. The molecule has 0 aliphatic carbocycles. The van der Waals surface area contributed by atoms with Gasteiger partial charge in [-0.15, -0.1) is 0 Å². The zero-order valence-electron chi connectivity index (χ0n) is 9.89. The summed E-state index contributed by atoms with van der Waals surface area (Å²) in [5.41, 5.74) is 0. The van der Waals surface area contributed by atoms with E-state index in [0.717, 1.165) is 5.92 Å². The fraction of sp³-hybridized carbons (Fsp3) is 1.00. The Morgan fingerprint density at radius 2 is 2.21 bits per heavy atom. The Balaban J connectivity index is 1.98. The first-order chi connectivity index (χ1) is 6.86. The third kappa shape index (κ3) is 4.43. The molecule has 2 nitrogen and oxygen atoms in total. The van der Waals surface area contributed by atoms with E-state index in [-0.39, 0.29) is 0 Å². The monoisotopic (exact) mass is 198 g/mol. The molecule has 1 N–H and O–H groups in total. The molecule has 1 rings (SSSR count). The van der Waals surface area contributed by atoms with Crippen LogP contribution in [0.2, 0.25) is 0 Å². The quantitative estimate of drug-likeness (QED) is 0.630. The number of hydrogen-bond acceptors (Lipinski definition) is 2. The Morgan fingerprint density at radius 3 is 2.93 bits per heavy atom. The molecule has 0 amide bonds. The highest BCUT2D eigenvalue weighted by Crippen LogP contribution is 2.20. The molecular formula is C12H26N2. The van der Waals surface area contributed by atoms with Crippen LogP contribution in [0.15, 0.2) is 0 Å². The van der Waals surface area contributed by atoms with Gasteiger partial charge in [0.1, 0.15) is 0 Å². The van der Waals surface area contributed by atoms with Gasteiger partial charge in [0.2, 0.25) is 0 Å². The number of hydrogen-bond donors (Lipinski definition) is 1. The van der Waals surface area contributed by atoms with Gasteiger partial charge in [-0.3, -0.25) is 0 Å². The van der Waals surface area contributed by atoms with Crippen molar-refractivity contribution in [1.82, 2.24) is 10.2 Å². The second-order valence-electron chi connectivity index (χ2n) is 4.55. The lowest BCUT2D eigenvalue weighted by molar-refractivity contribution is 0.312. The highest BCUT2D eigenvalue weighted by Gasteiger charge is 2.20. The van der Waals surface area contributed by atoms with E-state index < -0.39 is 0 Å². The number of likely N-dealkylation sites (tertiary alicyclic amines) is 1. The van der Waals surface area contributed by atoms with Gasteiger partial charge in [0, 0.05) is 6.54 Å². The van der Waals surface area contributed by atoms with E-state index >= 15 is 0 Å². The van der Waals surface area contributed by atoms with Gasteiger partial charge in [-0.05, 0) is 58.3 Å². The molecule has 0 aromatic rings. The van der Waals surface area contributed by atoms with Crippen LogP contribution in [0.5, 0.6) is 0 Å². The van der Waals surface area contributed by atoms with Crippen LogP contribution in [0.1, 0.15) is 39.0 Å². The standard InChI is InChI=1S/C12H26N2/c1-3-6-12-7-10-14(11-12)9-5-4-8-13-2/h12-13H,3-11H2,1-2H3. The van der Waals surface area contributed by atoms with Gasteiger partial charge < -0.3 is 10.2 Å². The second kappa shape index (κ2) is 7.24. The molecular weight excluding hydrogens is 172 g/mol. The zero-order chi connectivity index (χ0) is 10.2. The zero-order valence-corrected chi connectivity index (χ0v) is 9.89. The van der Waals surface area contributed by atoms with E-state index in [4.69, 9.17) is 0 Å². The summed E-state index contributed by atoms with van der Waals surface area (Å²) in [6.07, 6.45) is 6.93. The van der Waals surface area contributed by atoms with E-state index in [1.165, 1.54) is 58.3 Å². The maximum Gasteiger partial charge on any atom is 0.00101 e. The van der Waals surface area contributed by atoms with E-state index in [1.807, 2.05) is 7.05 Å². The third-order valence-electron chi connectivity index (χ3n) is 3.22. The average molecular weight is 198 g/mol. The molecule has 1 fully saturated rings. The fourth-order valence-corrected chi connectivity index (χ4v) is 2.40. The highest BCUT2D eigenvalue weighted by atomic mass is 15.1. The normalized spacial score (nSPS) is 23.1. The highest BCUT2D eigenvalue weighted by molar-refractivity contribution is 4.74. The molecule has 1 heterocycles. The molecule has 0 spiro atoms. The smallest absolute Gasteiger partial charge is 0.00101 e. The van der Waals surface area contributed by atoms with Gasteiger partial charge in [-0.1, -0.05) is 13.3 Å². The first kappa shape index (κ1) is 12.0. The van der Waals surface area contributed by atoms with Crippen molar-refractivity contribution in [2.24, 2.45) is 5.92 Å². The molecule has 2 heteroatoms. The van der Waals surface area contributed by atoms with Crippen LogP contribution in [0.3, 0.4) is 0 Å². The molecule has 84 valence electrons. The van der Waals surface area contributed by atoms with E-state index in [1.54, 1.807) is 0 Å². The van der Waals surface area contributed by atoms with Crippen molar-refractivity contribution in [3.63, 3.8) is 0 Å². The summed E-state index contributed by atoms with van der Waals surface area (Å²) in [4.78, 5) is 2.65. The maximum atomic E-state index is 3.20. The van der Waals surface area contributed by atoms with Gasteiger partial charge in [0.15, 0.2) is 0 Å². The van der Waals surface area contributed by atoms with Crippen LogP contribution >= 0.6 is 0 Å². The van der Waals surface area contributed by atoms with Crippen molar-refractivity contribution in [1.29, 1.82) is 0 Å². The van der Waals surface area contributed by atoms with Gasteiger partial charge in [-0.25, -0.2) is 0 Å². The Labute approximate surface area is 89.1 Å². The van der Waals surface area contributed by atoms with E-state index in [0.29, 0.717) is 0 Å². The van der Waals surface area contributed by atoms with Crippen LogP contribution in [0.4, 0.5) is 0 Å². The van der Waals surface area contributed by atoms with Gasteiger partial charge >= 0.3 is 0 Å². The lowest BCUT2D eigenvalue weighted by atomic mass is 10.0. The largest absolute Gasteiger partial charge is 0.320 e. The summed E-state index contributed by atoms with van der Waals surface area (Å²) < 4.78 is 0. The molecule has 0 aromatic carbocycles. The predicted molar refractivity (Wildman–Crippen MR) is 62.6 cm³/mol. The molecule has 0 radical (unpaired) electrons. The summed E-state index contributed by atoms with van der Waals surface area (Å²) in [6, 6.07) is 0. The van der Waals surface area contributed by atoms with Crippen LogP contribution in [0, 0.1) is 5.92 Å². The lowest BCUT2D eigenvalue weighted by Gasteiger charge is -2.15. The minimum Gasteiger partial charge on any atom is -0.320 e. The molecule has 0 saturated carbocycles. The van der Waals surface area contributed by atoms with Crippen molar-refractivity contribution < 1.29 is 0 Å². The third-order valence-corrected chi connectivity index (χ3v) is 3.22. The summed E-state index contributed by atoms with van der Waals surface area (Å²) in [5, 5.41) is 3.20. The molecule has 1 saturated heterocycles. The van der Waals surface area contributed by atoms with Crippen molar-refractivity contribution in [3.05, 3.63) is 0 Å². The molecule has 0 bridgehead atoms. The molecule has 14 heavy (non-hydrogen) atoms. The molecule has 0 aromatic heterocycles. The Kier molecular flexibility index (Phi) is 6.20. The predicted octanol–water partition coefficient (Wildman–Crippen LogP) is 2.11. The van der Waals surface area contributed by atoms with Crippen molar-refractivity contribution >= 4 is 0 Å². The van der Waals surface area contributed by atoms with E-state index in [9.17, 15) is 0 Å². The molecule has 1 aliphatic heterocycles. The second-order valence-corrected chi connectivity index (χ2v) is 4.55. The van der Waals surface area contributed by atoms with Crippen LogP contribution in [0.25, 0.3) is 0 Å². The van der Waals surface area contributed by atoms with Gasteiger partial charge in [0.25, 0.3) is 0 Å². The number of nitrogens with zero attached hydrogens (tertiary/aromatic N) is 1. The maximum absolute atomic E-state index is 3.20. The number of unbranched alkanes of at least 4 members (excludes halogenated alkanes) is 1. The van der Waals surface area contributed by atoms with Crippen LogP contribution in [-0.4, -0.2) is 38.1 Å². The van der Waals surface area contributed by atoms with Crippen molar-refractivity contribution in [2.45, 2.75) is 39.0 Å². The lowest BCUT2D eigenvalue weighted by Crippen LogP contribution is -2.22. The first-order valence-electron chi connectivity index (χ1n) is 6.23. The summed E-state index contributed by atoms with van der Waals surface area (Å²) in [5.74, 6) is 1.00. The molecule has 1 unspecified atom stereocenters. The summed E-state index contributed by atoms with van der Waals surface area (Å²) >= 11 is 0. The van der Waals surface area contributed by atoms with Crippen LogP contribution in [-0.2, 0) is 0 Å². The molecule has 1 aliphatic rings. The Bertz CT molecular complexity index is 136. The fourth-order valence-electron chi connectivity index (χ4n) is 2.40. The average Bonchev–Trinajstić information content (AvgIpc) is 2.61. The van der Waals surface area contributed by atoms with E-state index in [2.05, 4.69) is 17.1 Å². The first-order valence-corrected chi connectivity index (χ1v) is 6.23. The van der Waals surface area contributed by atoms with Crippen LogP contribution < -0.4 is 5.32 Å². The summed E-state index contributed by atoms with van der Waals surface area (Å²) in [7, 11) is 2.03. The van der Waals surface area contributed by atoms with Gasteiger partial charge in [-0.2, -0.15) is 0 Å². The minimum atomic E-state index is 1.00. The number of rotatable bonds is 7. The number of nitrogens with one attached hydrogen (secondary N) is 1. The molecule has 1 atom stereocenters. The minimum absolute atomic E-state index is 1.00. The van der Waals surface area contributed by atoms with Crippen molar-refractivity contribution in [3.8, 4) is 0 Å². The van der Waals surface area contributed by atoms with Gasteiger partial charge in [0.05, 0.1) is 0 Å². The Hall–Kier alpha value is -0.0800. The van der Waals surface area contributed by atoms with Crippen molar-refractivity contribution in [2.75, 3.05) is 33.2 Å². The SMILES string of the molecule is CCCC1CCN(CCCCNC)C1. The topological polar surface area (TPSA) is 15.3 Å². The Morgan fingerprint density at radius 1 is 1.36 bits per heavy atom.